The first-order valence-corrected chi connectivity index (χ1v) is 10.1. The molecule has 0 bridgehead atoms. The van der Waals surface area contributed by atoms with Gasteiger partial charge in [0.25, 0.3) is 0 Å². The molecule has 0 atom stereocenters. The maximum absolute atomic E-state index is 12.9. The molecule has 0 unspecified atom stereocenters. The van der Waals surface area contributed by atoms with E-state index < -0.39 is 0 Å². The van der Waals surface area contributed by atoms with Crippen LogP contribution < -0.4 is 5.32 Å². The third-order valence-corrected chi connectivity index (χ3v) is 5.78. The van der Waals surface area contributed by atoms with Crippen LogP contribution in [0.25, 0.3) is 10.6 Å². The Morgan fingerprint density at radius 2 is 2.12 bits per heavy atom. The molecule has 1 saturated heterocycles. The average Bonchev–Trinajstić information content (AvgIpc) is 3.09. The van der Waals surface area contributed by atoms with Crippen molar-refractivity contribution >= 4 is 28.8 Å². The van der Waals surface area contributed by atoms with Crippen LogP contribution >= 0.6 is 22.9 Å². The average molecular weight is 378 g/mol. The van der Waals surface area contributed by atoms with Crippen LogP contribution in [0.4, 0.5) is 0 Å². The van der Waals surface area contributed by atoms with Gasteiger partial charge in [0.15, 0.2) is 0 Å². The Kier molecular flexibility index (Phi) is 6.45. The number of piperidine rings is 1. The molecule has 0 saturated carbocycles. The first-order chi connectivity index (χ1) is 12.2. The van der Waals surface area contributed by atoms with Gasteiger partial charge in [0.1, 0.15) is 5.01 Å². The highest BCUT2D eigenvalue weighted by Gasteiger charge is 2.25. The predicted octanol–water partition coefficient (Wildman–Crippen LogP) is 4.00. The Bertz CT molecular complexity index is 712. The molecule has 1 fully saturated rings. The number of hydrogen-bond donors (Lipinski definition) is 1. The molecular formula is C19H24ClN3OS. The largest absolute Gasteiger partial charge is 0.339 e. The van der Waals surface area contributed by atoms with Gasteiger partial charge in [-0.3, -0.25) is 4.79 Å². The summed E-state index contributed by atoms with van der Waals surface area (Å²) in [7, 11) is 0. The Morgan fingerprint density at radius 1 is 1.36 bits per heavy atom. The summed E-state index contributed by atoms with van der Waals surface area (Å²) in [6, 6.07) is 8.04. The molecule has 25 heavy (non-hydrogen) atoms. The molecule has 0 radical (unpaired) electrons. The molecule has 1 aromatic carbocycles. The monoisotopic (exact) mass is 377 g/mol. The molecule has 1 N–H and O–H groups in total. The Hall–Kier alpha value is -1.43. The van der Waals surface area contributed by atoms with Crippen molar-refractivity contribution in [3.05, 3.63) is 40.4 Å². The molecule has 1 aliphatic heterocycles. The van der Waals surface area contributed by atoms with Gasteiger partial charge >= 0.3 is 0 Å². The molecule has 2 heterocycles. The summed E-state index contributed by atoms with van der Waals surface area (Å²) in [6.07, 6.45) is 3.42. The van der Waals surface area contributed by atoms with E-state index in [1.807, 2.05) is 29.6 Å². The zero-order chi connectivity index (χ0) is 17.6. The fourth-order valence-electron chi connectivity index (χ4n) is 3.27. The van der Waals surface area contributed by atoms with Crippen LogP contribution in [0, 0.1) is 0 Å². The van der Waals surface area contributed by atoms with Gasteiger partial charge in [-0.1, -0.05) is 36.7 Å². The topological polar surface area (TPSA) is 45.2 Å². The molecule has 1 aliphatic rings. The van der Waals surface area contributed by atoms with Crippen LogP contribution in [0.5, 0.6) is 0 Å². The first-order valence-electron chi connectivity index (χ1n) is 8.88. The van der Waals surface area contributed by atoms with Gasteiger partial charge in [-0.2, -0.15) is 0 Å². The maximum atomic E-state index is 12.9. The lowest BCUT2D eigenvalue weighted by Crippen LogP contribution is -2.47. The van der Waals surface area contributed by atoms with E-state index in [-0.39, 0.29) is 5.91 Å². The van der Waals surface area contributed by atoms with E-state index in [0.29, 0.717) is 17.5 Å². The fourth-order valence-corrected chi connectivity index (χ4v) is 4.41. The second-order valence-electron chi connectivity index (χ2n) is 6.37. The maximum Gasteiger partial charge on any atom is 0.228 e. The lowest BCUT2D eigenvalue weighted by molar-refractivity contribution is -0.133. The predicted molar refractivity (Wildman–Crippen MR) is 104 cm³/mol. The molecule has 1 amide bonds. The summed E-state index contributed by atoms with van der Waals surface area (Å²) >= 11 is 7.80. The lowest BCUT2D eigenvalue weighted by Gasteiger charge is -2.34. The van der Waals surface area contributed by atoms with Gasteiger partial charge in [0.2, 0.25) is 5.91 Å². The quantitative estimate of drug-likeness (QED) is 0.827. The van der Waals surface area contributed by atoms with Crippen molar-refractivity contribution < 1.29 is 4.79 Å². The molecule has 2 aromatic rings. The minimum absolute atomic E-state index is 0.185. The van der Waals surface area contributed by atoms with Crippen molar-refractivity contribution in [3.8, 4) is 10.6 Å². The van der Waals surface area contributed by atoms with Crippen molar-refractivity contribution in [2.75, 3.05) is 19.6 Å². The molecular weight excluding hydrogens is 354 g/mol. The van der Waals surface area contributed by atoms with Gasteiger partial charge in [-0.15, -0.1) is 11.3 Å². The Morgan fingerprint density at radius 3 is 2.84 bits per heavy atom. The van der Waals surface area contributed by atoms with E-state index in [1.54, 1.807) is 11.3 Å². The molecule has 3 rings (SSSR count). The number of halogens is 1. The molecule has 0 aliphatic carbocycles. The SMILES string of the molecule is CCCN(C(=O)Cc1csc(-c2ccccc2Cl)n1)C1CCNCC1. The number of nitrogens with one attached hydrogen (secondary N) is 1. The van der Waals surface area contributed by atoms with E-state index in [4.69, 9.17) is 11.6 Å². The number of aromatic nitrogens is 1. The molecule has 134 valence electrons. The summed E-state index contributed by atoms with van der Waals surface area (Å²) in [5, 5.41) is 6.91. The number of carbonyl (C=O) groups excluding carboxylic acids is 1. The van der Waals surface area contributed by atoms with E-state index in [0.717, 1.165) is 55.2 Å². The van der Waals surface area contributed by atoms with Gasteiger partial charge in [-0.05, 0) is 38.4 Å². The first kappa shape index (κ1) is 18.4. The fraction of sp³-hybridized carbons (Fsp3) is 0.474. The van der Waals surface area contributed by atoms with Crippen LogP contribution in [-0.4, -0.2) is 41.5 Å². The number of rotatable bonds is 6. The molecule has 6 heteroatoms. The van der Waals surface area contributed by atoms with Crippen LogP contribution in [0.3, 0.4) is 0 Å². The highest BCUT2D eigenvalue weighted by Crippen LogP contribution is 2.30. The second kappa shape index (κ2) is 8.79. The van der Waals surface area contributed by atoms with Gasteiger partial charge in [0.05, 0.1) is 17.1 Å². The summed E-state index contributed by atoms with van der Waals surface area (Å²) < 4.78 is 0. The van der Waals surface area contributed by atoms with Crippen LogP contribution in [0.15, 0.2) is 29.6 Å². The number of hydrogen-bond acceptors (Lipinski definition) is 4. The highest BCUT2D eigenvalue weighted by atomic mass is 35.5. The number of benzene rings is 1. The van der Waals surface area contributed by atoms with E-state index in [2.05, 4.69) is 22.1 Å². The number of thiazole rings is 1. The van der Waals surface area contributed by atoms with Crippen molar-refractivity contribution in [2.45, 2.75) is 38.6 Å². The minimum Gasteiger partial charge on any atom is -0.339 e. The summed E-state index contributed by atoms with van der Waals surface area (Å²) in [5.41, 5.74) is 1.76. The Labute approximate surface area is 158 Å². The van der Waals surface area contributed by atoms with Crippen LogP contribution in [0.2, 0.25) is 5.02 Å². The molecule has 4 nitrogen and oxygen atoms in total. The van der Waals surface area contributed by atoms with Gasteiger partial charge < -0.3 is 10.2 Å². The summed E-state index contributed by atoms with van der Waals surface area (Å²) in [5.74, 6) is 0.185. The third-order valence-electron chi connectivity index (χ3n) is 4.52. The van der Waals surface area contributed by atoms with E-state index in [1.165, 1.54) is 0 Å². The number of amides is 1. The third kappa shape index (κ3) is 4.60. The van der Waals surface area contributed by atoms with Crippen LogP contribution in [0.1, 0.15) is 31.9 Å². The lowest BCUT2D eigenvalue weighted by atomic mass is 10.0. The highest BCUT2D eigenvalue weighted by molar-refractivity contribution is 7.13. The zero-order valence-electron chi connectivity index (χ0n) is 14.5. The molecule has 0 spiro atoms. The Balaban J connectivity index is 1.70. The van der Waals surface area contributed by atoms with Crippen molar-refractivity contribution in [1.29, 1.82) is 0 Å². The molecule has 1 aromatic heterocycles. The van der Waals surface area contributed by atoms with Crippen molar-refractivity contribution in [2.24, 2.45) is 0 Å². The standard InChI is InChI=1S/C19H24ClN3OS/c1-2-11-23(15-7-9-21-10-8-15)18(24)12-14-13-25-19(22-14)16-5-3-4-6-17(16)20/h3-6,13,15,21H,2,7-12H2,1H3. The number of nitrogens with zero attached hydrogens (tertiary/aromatic N) is 2. The zero-order valence-corrected chi connectivity index (χ0v) is 16.1. The van der Waals surface area contributed by atoms with Crippen molar-refractivity contribution in [1.82, 2.24) is 15.2 Å². The summed E-state index contributed by atoms with van der Waals surface area (Å²) in [6.45, 7) is 4.93. The minimum atomic E-state index is 0.185. The van der Waals surface area contributed by atoms with Crippen LogP contribution in [-0.2, 0) is 11.2 Å². The van der Waals surface area contributed by atoms with E-state index >= 15 is 0 Å². The van der Waals surface area contributed by atoms with Gasteiger partial charge in [0, 0.05) is 23.5 Å². The van der Waals surface area contributed by atoms with Crippen molar-refractivity contribution in [3.63, 3.8) is 0 Å². The summed E-state index contributed by atoms with van der Waals surface area (Å²) in [4.78, 5) is 19.6. The number of carbonyl (C=O) groups is 1. The smallest absolute Gasteiger partial charge is 0.228 e. The second-order valence-corrected chi connectivity index (χ2v) is 7.63. The van der Waals surface area contributed by atoms with Gasteiger partial charge in [-0.25, -0.2) is 4.98 Å². The normalized spacial score (nSPS) is 15.3. The van der Waals surface area contributed by atoms with E-state index in [9.17, 15) is 4.79 Å².